The van der Waals surface area contributed by atoms with Gasteiger partial charge in [0.05, 0.1) is 18.3 Å². The van der Waals surface area contributed by atoms with Gasteiger partial charge in [0.2, 0.25) is 0 Å². The summed E-state index contributed by atoms with van der Waals surface area (Å²) >= 11 is 0. The van der Waals surface area contributed by atoms with Crippen LogP contribution in [0, 0.1) is 11.8 Å². The van der Waals surface area contributed by atoms with Gasteiger partial charge in [0.1, 0.15) is 0 Å². The van der Waals surface area contributed by atoms with E-state index in [-0.39, 0.29) is 18.3 Å². The minimum atomic E-state index is -0.790. The van der Waals surface area contributed by atoms with Crippen LogP contribution in [0.15, 0.2) is 24.3 Å². The van der Waals surface area contributed by atoms with Crippen LogP contribution >= 0.6 is 0 Å². The Kier molecular flexibility index (Phi) is 10.7. The number of rotatable bonds is 12. The molecule has 0 saturated heterocycles. The quantitative estimate of drug-likeness (QED) is 0.319. The van der Waals surface area contributed by atoms with Crippen molar-refractivity contribution in [1.29, 1.82) is 0 Å². The third kappa shape index (κ3) is 8.66. The fourth-order valence-corrected chi connectivity index (χ4v) is 3.47. The van der Waals surface area contributed by atoms with E-state index in [0.717, 1.165) is 25.7 Å². The van der Waals surface area contributed by atoms with Gasteiger partial charge >= 0.3 is 5.97 Å². The first-order valence-corrected chi connectivity index (χ1v) is 9.55. The maximum Gasteiger partial charge on any atom is 0.303 e. The molecule has 0 radical (unpaired) electrons. The number of carboxylic acids is 1. The van der Waals surface area contributed by atoms with Gasteiger partial charge in [0, 0.05) is 18.8 Å². The molecule has 1 rings (SSSR count). The van der Waals surface area contributed by atoms with Crippen molar-refractivity contribution < 1.29 is 25.2 Å². The molecule has 0 aromatic heterocycles. The van der Waals surface area contributed by atoms with Crippen molar-refractivity contribution >= 4 is 5.97 Å². The zero-order valence-corrected chi connectivity index (χ0v) is 15.3. The molecular weight excluding hydrogens is 320 g/mol. The highest BCUT2D eigenvalue weighted by Gasteiger charge is 2.39. The Balaban J connectivity index is 2.39. The van der Waals surface area contributed by atoms with Gasteiger partial charge < -0.3 is 20.4 Å². The fraction of sp³-hybridized carbons (Fsp3) is 0.750. The first-order valence-electron chi connectivity index (χ1n) is 9.55. The van der Waals surface area contributed by atoms with Crippen LogP contribution in [-0.4, -0.2) is 44.7 Å². The Bertz CT molecular complexity index is 432. The molecular formula is C20H34O5. The Morgan fingerprint density at radius 1 is 1.16 bits per heavy atom. The number of unbranched alkanes of at least 4 members (excludes halogenated alkanes) is 3. The number of hydrogen-bond acceptors (Lipinski definition) is 4. The van der Waals surface area contributed by atoms with Crippen LogP contribution in [0.3, 0.4) is 0 Å². The number of hydrogen-bond donors (Lipinski definition) is 4. The molecule has 1 aliphatic carbocycles. The van der Waals surface area contributed by atoms with Crippen molar-refractivity contribution in [1.82, 2.24) is 0 Å². The third-order valence-corrected chi connectivity index (χ3v) is 4.92. The van der Waals surface area contributed by atoms with Gasteiger partial charge in [-0.25, -0.2) is 0 Å². The normalized spacial score (nSPS) is 28.2. The van der Waals surface area contributed by atoms with Gasteiger partial charge in [0.15, 0.2) is 0 Å². The highest BCUT2D eigenvalue weighted by Crippen LogP contribution is 2.37. The van der Waals surface area contributed by atoms with Crippen LogP contribution in [0.1, 0.15) is 64.7 Å². The summed E-state index contributed by atoms with van der Waals surface area (Å²) in [6.07, 6.45) is 12.2. The maximum absolute atomic E-state index is 10.4. The van der Waals surface area contributed by atoms with Crippen LogP contribution in [0.2, 0.25) is 0 Å². The predicted octanol–water partition coefficient (Wildman–Crippen LogP) is 3.04. The molecule has 4 N–H and O–H groups in total. The van der Waals surface area contributed by atoms with Crippen molar-refractivity contribution in [2.24, 2.45) is 11.8 Å². The zero-order chi connectivity index (χ0) is 18.7. The lowest BCUT2D eigenvalue weighted by Crippen LogP contribution is -2.21. The monoisotopic (exact) mass is 354 g/mol. The summed E-state index contributed by atoms with van der Waals surface area (Å²) < 4.78 is 0. The van der Waals surface area contributed by atoms with Gasteiger partial charge in [-0.2, -0.15) is 0 Å². The summed E-state index contributed by atoms with van der Waals surface area (Å²) in [5, 5.41) is 38.9. The average molecular weight is 354 g/mol. The average Bonchev–Trinajstić information content (AvgIpc) is 2.82. The molecule has 0 bridgehead atoms. The van der Waals surface area contributed by atoms with Gasteiger partial charge in [-0.05, 0) is 31.6 Å². The number of allylic oxidation sites excluding steroid dienone is 1. The summed E-state index contributed by atoms with van der Waals surface area (Å²) in [5.74, 6) is -0.820. The zero-order valence-electron chi connectivity index (χ0n) is 15.3. The van der Waals surface area contributed by atoms with Crippen LogP contribution in [0.4, 0.5) is 0 Å². The molecule has 0 aliphatic heterocycles. The number of carbonyl (C=O) groups is 1. The summed E-state index contributed by atoms with van der Waals surface area (Å²) in [4.78, 5) is 10.4. The number of aliphatic hydroxyl groups excluding tert-OH is 3. The second kappa shape index (κ2) is 12.2. The molecule has 5 nitrogen and oxygen atoms in total. The highest BCUT2D eigenvalue weighted by atomic mass is 16.4. The van der Waals surface area contributed by atoms with E-state index in [1.54, 1.807) is 6.08 Å². The van der Waals surface area contributed by atoms with Crippen molar-refractivity contribution in [3.63, 3.8) is 0 Å². The molecule has 1 aliphatic rings. The molecule has 0 amide bonds. The summed E-state index contributed by atoms with van der Waals surface area (Å²) in [6, 6.07) is 0. The minimum absolute atomic E-state index is 0.0663. The molecule has 1 fully saturated rings. The van der Waals surface area contributed by atoms with Crippen molar-refractivity contribution in [3.8, 4) is 0 Å². The highest BCUT2D eigenvalue weighted by molar-refractivity contribution is 5.66. The van der Waals surface area contributed by atoms with E-state index in [0.29, 0.717) is 25.7 Å². The fourth-order valence-electron chi connectivity index (χ4n) is 3.47. The van der Waals surface area contributed by atoms with Gasteiger partial charge in [-0.15, -0.1) is 0 Å². The molecule has 0 heterocycles. The molecule has 0 spiro atoms. The Labute approximate surface area is 151 Å². The SMILES string of the molecule is CCCCC[C@@H]1[C@H](/C=C/[C@H](O)C/C=C\CCCC(=O)O)[C@@H](O)C[C@H]1O. The van der Waals surface area contributed by atoms with Crippen LogP contribution in [0.25, 0.3) is 0 Å². The second-order valence-corrected chi connectivity index (χ2v) is 7.05. The molecule has 0 unspecified atom stereocenters. The topological polar surface area (TPSA) is 98.0 Å². The predicted molar refractivity (Wildman–Crippen MR) is 98.1 cm³/mol. The van der Waals surface area contributed by atoms with Gasteiger partial charge in [-0.3, -0.25) is 4.79 Å². The Morgan fingerprint density at radius 3 is 2.60 bits per heavy atom. The number of carboxylic acid groups (broad SMARTS) is 1. The smallest absolute Gasteiger partial charge is 0.303 e. The van der Waals surface area contributed by atoms with Crippen molar-refractivity contribution in [3.05, 3.63) is 24.3 Å². The first kappa shape index (κ1) is 21.9. The molecule has 144 valence electrons. The maximum atomic E-state index is 10.4. The molecule has 25 heavy (non-hydrogen) atoms. The van der Waals surface area contributed by atoms with Gasteiger partial charge in [-0.1, -0.05) is 50.5 Å². The van der Waals surface area contributed by atoms with E-state index in [4.69, 9.17) is 5.11 Å². The van der Waals surface area contributed by atoms with Crippen LogP contribution in [-0.2, 0) is 4.79 Å². The first-order chi connectivity index (χ1) is 12.0. The van der Waals surface area contributed by atoms with Crippen LogP contribution < -0.4 is 0 Å². The van der Waals surface area contributed by atoms with Crippen LogP contribution in [0.5, 0.6) is 0 Å². The second-order valence-electron chi connectivity index (χ2n) is 7.05. The molecule has 0 aromatic rings. The van der Waals surface area contributed by atoms with E-state index in [1.165, 1.54) is 0 Å². The largest absolute Gasteiger partial charge is 0.481 e. The molecule has 1 saturated carbocycles. The Hall–Kier alpha value is -1.17. The van der Waals surface area contributed by atoms with Crippen molar-refractivity contribution in [2.75, 3.05) is 0 Å². The standard InChI is InChI=1S/C20H34O5/c1-2-3-6-10-16-17(19(23)14-18(16)22)13-12-15(21)9-7-4-5-8-11-20(24)25/h4,7,12-13,15-19,21-23H,2-3,5-6,8-11,14H2,1H3,(H,24,25)/b7-4-,13-12+/t15-,16-,17+,18-,19+/m1/s1. The molecule has 5 heteroatoms. The lowest BCUT2D eigenvalue weighted by Gasteiger charge is -2.21. The number of aliphatic hydroxyl groups is 3. The number of aliphatic carboxylic acids is 1. The van der Waals surface area contributed by atoms with E-state index >= 15 is 0 Å². The lowest BCUT2D eigenvalue weighted by molar-refractivity contribution is -0.137. The Morgan fingerprint density at radius 2 is 1.92 bits per heavy atom. The van der Waals surface area contributed by atoms with E-state index in [9.17, 15) is 20.1 Å². The minimum Gasteiger partial charge on any atom is -0.481 e. The van der Waals surface area contributed by atoms with Gasteiger partial charge in [0.25, 0.3) is 0 Å². The molecule has 5 atom stereocenters. The van der Waals surface area contributed by atoms with E-state index in [2.05, 4.69) is 6.92 Å². The third-order valence-electron chi connectivity index (χ3n) is 4.92. The van der Waals surface area contributed by atoms with Crippen molar-refractivity contribution in [2.45, 2.75) is 83.0 Å². The molecule has 0 aromatic carbocycles. The van der Waals surface area contributed by atoms with E-state index in [1.807, 2.05) is 18.2 Å². The lowest BCUT2D eigenvalue weighted by atomic mass is 9.88. The summed E-state index contributed by atoms with van der Waals surface area (Å²) in [6.45, 7) is 2.14. The summed E-state index contributed by atoms with van der Waals surface area (Å²) in [5.41, 5.74) is 0. The van der Waals surface area contributed by atoms with E-state index < -0.39 is 24.3 Å². The summed E-state index contributed by atoms with van der Waals surface area (Å²) in [7, 11) is 0.